The number of hydrogen-bond acceptors (Lipinski definition) is 5. The number of esters is 1. The Bertz CT molecular complexity index is 986. The number of unbranched alkanes of at least 4 members (excludes halogenated alkanes) is 1. The minimum atomic E-state index is -3.02. The first-order chi connectivity index (χ1) is 16.9. The summed E-state index contributed by atoms with van der Waals surface area (Å²) in [6, 6.07) is 18.7. The van der Waals surface area contributed by atoms with Crippen LogP contribution in [0.15, 0.2) is 60.7 Å². The number of hydrogen-bond donors (Lipinski definition) is 0. The first-order valence-corrected chi connectivity index (χ1v) is 14.4. The zero-order valence-corrected chi connectivity index (χ0v) is 21.7. The van der Waals surface area contributed by atoms with Gasteiger partial charge in [-0.3, -0.25) is 4.57 Å². The number of ether oxygens (including phenoxy) is 1. The van der Waals surface area contributed by atoms with Gasteiger partial charge in [0, 0.05) is 19.8 Å². The van der Waals surface area contributed by atoms with E-state index in [0.29, 0.717) is 25.7 Å². The van der Waals surface area contributed by atoms with Gasteiger partial charge in [0.25, 0.3) is 0 Å². The normalized spacial score (nSPS) is 17.1. The lowest BCUT2D eigenvalue weighted by atomic mass is 10.1. The predicted octanol–water partition coefficient (Wildman–Crippen LogP) is 5.54. The van der Waals surface area contributed by atoms with E-state index in [4.69, 9.17) is 9.26 Å². The highest BCUT2D eigenvalue weighted by molar-refractivity contribution is 7.58. The minimum Gasteiger partial charge on any atom is -0.459 e. The second-order valence-corrected chi connectivity index (χ2v) is 11.6. The van der Waals surface area contributed by atoms with E-state index < -0.39 is 19.4 Å². The maximum atomic E-state index is 13.5. The summed E-state index contributed by atoms with van der Waals surface area (Å²) in [4.78, 5) is 28.9. The quantitative estimate of drug-likeness (QED) is 0.217. The third kappa shape index (κ3) is 8.22. The van der Waals surface area contributed by atoms with Crippen LogP contribution >= 0.6 is 7.37 Å². The number of rotatable bonds is 12. The van der Waals surface area contributed by atoms with Crippen molar-refractivity contribution in [3.8, 4) is 0 Å². The fourth-order valence-electron chi connectivity index (χ4n) is 4.41. The second kappa shape index (κ2) is 13.5. The third-order valence-electron chi connectivity index (χ3n) is 6.17. The van der Waals surface area contributed by atoms with Crippen molar-refractivity contribution in [1.29, 1.82) is 0 Å². The van der Waals surface area contributed by atoms with Crippen LogP contribution in [0.2, 0.25) is 0 Å². The Balaban J connectivity index is 1.52. The number of benzene rings is 2. The molecule has 1 aliphatic heterocycles. The molecule has 190 valence electrons. The zero-order valence-electron chi connectivity index (χ0n) is 20.8. The van der Waals surface area contributed by atoms with E-state index in [0.717, 1.165) is 31.2 Å². The number of amides is 2. The van der Waals surface area contributed by atoms with Gasteiger partial charge in [-0.05, 0) is 50.2 Å². The number of aryl methyl sites for hydroxylation is 1. The lowest BCUT2D eigenvalue weighted by molar-refractivity contribution is -0.149. The summed E-state index contributed by atoms with van der Waals surface area (Å²) in [6.45, 7) is 2.80. The van der Waals surface area contributed by atoms with Crippen molar-refractivity contribution < 1.29 is 23.4 Å². The molecule has 8 heteroatoms. The highest BCUT2D eigenvalue weighted by Gasteiger charge is 2.38. The van der Waals surface area contributed by atoms with Crippen molar-refractivity contribution in [3.63, 3.8) is 0 Å². The molecule has 7 nitrogen and oxygen atoms in total. The molecule has 0 aliphatic carbocycles. The molecule has 2 aromatic carbocycles. The van der Waals surface area contributed by atoms with Crippen LogP contribution in [-0.4, -0.2) is 60.5 Å². The highest BCUT2D eigenvalue weighted by atomic mass is 31.2. The molecule has 35 heavy (non-hydrogen) atoms. The third-order valence-corrected chi connectivity index (χ3v) is 8.75. The molecular formula is C27H37N2O5P. The molecule has 0 aromatic heterocycles. The predicted molar refractivity (Wildman–Crippen MR) is 137 cm³/mol. The monoisotopic (exact) mass is 500 g/mol. The van der Waals surface area contributed by atoms with Gasteiger partial charge in [-0.25, -0.2) is 9.59 Å². The highest BCUT2D eigenvalue weighted by Crippen LogP contribution is 2.48. The van der Waals surface area contributed by atoms with E-state index >= 15 is 0 Å². The van der Waals surface area contributed by atoms with Gasteiger partial charge in [-0.15, -0.1) is 0 Å². The standard InChI is InChI=1S/C27H37N2O5P/c1-3-34-35(32,20-11-10-15-23-13-6-4-7-14-23)22-28(2)27(31)29-19-12-18-25(29)26(30)33-21-24-16-8-5-9-17-24/h4-9,13-14,16-17,25H,3,10-12,15,18-22H2,1-2H3/t25-,35?/m0/s1. The van der Waals surface area contributed by atoms with Crippen LogP contribution in [0, 0.1) is 0 Å². The Hall–Kier alpha value is -2.63. The van der Waals surface area contributed by atoms with Gasteiger partial charge in [0.2, 0.25) is 7.37 Å². The molecule has 1 aliphatic rings. The number of carbonyl (C=O) groups excluding carboxylic acids is 2. The van der Waals surface area contributed by atoms with Gasteiger partial charge in [0.05, 0.1) is 12.9 Å². The lowest BCUT2D eigenvalue weighted by Gasteiger charge is -2.30. The average molecular weight is 501 g/mol. The summed E-state index contributed by atoms with van der Waals surface area (Å²) in [7, 11) is -1.40. The number of nitrogens with zero attached hydrogens (tertiary/aromatic N) is 2. The van der Waals surface area contributed by atoms with E-state index in [1.807, 2.05) is 55.5 Å². The molecule has 1 saturated heterocycles. The van der Waals surface area contributed by atoms with Crippen molar-refractivity contribution in [2.45, 2.75) is 51.7 Å². The molecule has 1 unspecified atom stereocenters. The molecule has 3 rings (SSSR count). The summed E-state index contributed by atoms with van der Waals surface area (Å²) in [5.41, 5.74) is 2.16. The number of carbonyl (C=O) groups is 2. The van der Waals surface area contributed by atoms with E-state index in [1.54, 1.807) is 11.9 Å². The molecule has 0 saturated carbocycles. The summed E-state index contributed by atoms with van der Waals surface area (Å²) in [5, 5.41) is 0. The fourth-order valence-corrected chi connectivity index (χ4v) is 6.70. The largest absolute Gasteiger partial charge is 0.459 e. The van der Waals surface area contributed by atoms with Crippen LogP contribution in [0.25, 0.3) is 0 Å². The van der Waals surface area contributed by atoms with E-state index in [9.17, 15) is 14.2 Å². The van der Waals surface area contributed by atoms with Gasteiger partial charge in [-0.2, -0.15) is 0 Å². The maximum Gasteiger partial charge on any atom is 0.329 e. The van der Waals surface area contributed by atoms with E-state index in [2.05, 4.69) is 12.1 Å². The Labute approximate surface area is 208 Å². The van der Waals surface area contributed by atoms with Gasteiger partial charge in [0.15, 0.2) is 0 Å². The van der Waals surface area contributed by atoms with Crippen molar-refractivity contribution in [1.82, 2.24) is 9.80 Å². The lowest BCUT2D eigenvalue weighted by Crippen LogP contribution is -2.47. The molecule has 1 fully saturated rings. The smallest absolute Gasteiger partial charge is 0.329 e. The molecule has 0 radical (unpaired) electrons. The molecule has 0 N–H and O–H groups in total. The summed E-state index contributed by atoms with van der Waals surface area (Å²) >= 11 is 0. The van der Waals surface area contributed by atoms with Gasteiger partial charge in [0.1, 0.15) is 12.6 Å². The second-order valence-electron chi connectivity index (χ2n) is 8.97. The van der Waals surface area contributed by atoms with Crippen LogP contribution in [0.5, 0.6) is 0 Å². The number of urea groups is 1. The Kier molecular flexibility index (Phi) is 10.4. The van der Waals surface area contributed by atoms with Crippen LogP contribution in [0.1, 0.15) is 43.7 Å². The molecule has 2 atom stereocenters. The molecule has 2 amide bonds. The van der Waals surface area contributed by atoms with Crippen LogP contribution in [0.4, 0.5) is 4.79 Å². The first kappa shape index (κ1) is 27.0. The maximum absolute atomic E-state index is 13.5. The average Bonchev–Trinajstić information content (AvgIpc) is 3.36. The molecule has 2 aromatic rings. The Morgan fingerprint density at radius 2 is 1.69 bits per heavy atom. The molecule has 0 bridgehead atoms. The van der Waals surface area contributed by atoms with Gasteiger partial charge in [-0.1, -0.05) is 60.7 Å². The Morgan fingerprint density at radius 1 is 1.03 bits per heavy atom. The SMILES string of the molecule is CCOP(=O)(CCCCc1ccccc1)CN(C)C(=O)N1CCC[C@H]1C(=O)OCc1ccccc1. The minimum absolute atomic E-state index is 0.0350. The zero-order chi connectivity index (χ0) is 25.1. The Morgan fingerprint density at radius 3 is 2.34 bits per heavy atom. The van der Waals surface area contributed by atoms with E-state index in [1.165, 1.54) is 10.5 Å². The molecule has 1 heterocycles. The first-order valence-electron chi connectivity index (χ1n) is 12.4. The van der Waals surface area contributed by atoms with Crippen LogP contribution < -0.4 is 0 Å². The molecular weight excluding hydrogens is 463 g/mol. The van der Waals surface area contributed by atoms with Crippen molar-refractivity contribution >= 4 is 19.4 Å². The van der Waals surface area contributed by atoms with Crippen LogP contribution in [0.3, 0.4) is 0 Å². The van der Waals surface area contributed by atoms with Crippen molar-refractivity contribution in [3.05, 3.63) is 71.8 Å². The topological polar surface area (TPSA) is 76.2 Å². The fraction of sp³-hybridized carbons (Fsp3) is 0.481. The van der Waals surface area contributed by atoms with Gasteiger partial charge < -0.3 is 19.1 Å². The summed E-state index contributed by atoms with van der Waals surface area (Å²) < 4.78 is 24.7. The summed E-state index contributed by atoms with van der Waals surface area (Å²) in [5.74, 6) is -0.401. The summed E-state index contributed by atoms with van der Waals surface area (Å²) in [6.07, 6.45) is 4.33. The van der Waals surface area contributed by atoms with Gasteiger partial charge >= 0.3 is 12.0 Å². The van der Waals surface area contributed by atoms with Crippen molar-refractivity contribution in [2.75, 3.05) is 32.6 Å². The molecule has 0 spiro atoms. The van der Waals surface area contributed by atoms with Crippen LogP contribution in [-0.2, 0) is 31.6 Å². The van der Waals surface area contributed by atoms with E-state index in [-0.39, 0.29) is 18.9 Å². The van der Waals surface area contributed by atoms with Crippen molar-refractivity contribution in [2.24, 2.45) is 0 Å². The number of likely N-dealkylation sites (tertiary alicyclic amines) is 1.